The van der Waals surface area contributed by atoms with Crippen molar-refractivity contribution >= 4 is 0 Å². The average Bonchev–Trinajstić information content (AvgIpc) is 2.41. The van der Waals surface area contributed by atoms with Crippen LogP contribution in [0.2, 0.25) is 0 Å². The number of phenolic OH excluding ortho intramolecular Hbond substituents is 1. The van der Waals surface area contributed by atoms with Crippen LogP contribution in [0.4, 0.5) is 0 Å². The van der Waals surface area contributed by atoms with Crippen molar-refractivity contribution in [3.05, 3.63) is 17.7 Å². The molecule has 0 saturated heterocycles. The first-order chi connectivity index (χ1) is 8.65. The zero-order chi connectivity index (χ0) is 13.5. The Morgan fingerprint density at radius 2 is 1.78 bits per heavy atom. The number of aliphatic hydroxyl groups is 1. The minimum absolute atomic E-state index is 0.00190. The third-order valence-corrected chi connectivity index (χ3v) is 2.85. The quantitative estimate of drug-likeness (QED) is 0.684. The third kappa shape index (κ3) is 3.51. The molecular formula is C13H21NO4. The van der Waals surface area contributed by atoms with Crippen LogP contribution in [0.1, 0.15) is 18.9 Å². The first-order valence-electron chi connectivity index (χ1n) is 5.94. The van der Waals surface area contributed by atoms with E-state index in [-0.39, 0.29) is 18.4 Å². The highest BCUT2D eigenvalue weighted by Crippen LogP contribution is 2.36. The van der Waals surface area contributed by atoms with Crippen LogP contribution in [0.3, 0.4) is 0 Å². The van der Waals surface area contributed by atoms with E-state index < -0.39 is 0 Å². The summed E-state index contributed by atoms with van der Waals surface area (Å²) in [5.41, 5.74) is 0.924. The van der Waals surface area contributed by atoms with Crippen LogP contribution in [0, 0.1) is 0 Å². The Kier molecular flexibility index (Phi) is 5.74. The predicted molar refractivity (Wildman–Crippen MR) is 69.2 cm³/mol. The van der Waals surface area contributed by atoms with E-state index in [1.54, 1.807) is 12.1 Å². The van der Waals surface area contributed by atoms with Gasteiger partial charge in [0, 0.05) is 12.6 Å². The van der Waals surface area contributed by atoms with Gasteiger partial charge in [0.25, 0.3) is 0 Å². The lowest BCUT2D eigenvalue weighted by atomic mass is 10.1. The van der Waals surface area contributed by atoms with E-state index in [0.29, 0.717) is 18.0 Å². The van der Waals surface area contributed by atoms with Crippen LogP contribution >= 0.6 is 0 Å². The molecule has 3 N–H and O–H groups in total. The van der Waals surface area contributed by atoms with Crippen molar-refractivity contribution in [1.29, 1.82) is 0 Å². The van der Waals surface area contributed by atoms with E-state index in [0.717, 1.165) is 12.0 Å². The summed E-state index contributed by atoms with van der Waals surface area (Å²) in [5, 5.41) is 22.1. The van der Waals surface area contributed by atoms with Gasteiger partial charge in [-0.3, -0.25) is 0 Å². The number of rotatable bonds is 7. The van der Waals surface area contributed by atoms with Gasteiger partial charge in [0.2, 0.25) is 5.75 Å². The van der Waals surface area contributed by atoms with E-state index in [2.05, 4.69) is 5.32 Å². The largest absolute Gasteiger partial charge is 0.502 e. The highest BCUT2D eigenvalue weighted by Gasteiger charge is 2.12. The van der Waals surface area contributed by atoms with Crippen molar-refractivity contribution in [3.8, 4) is 17.2 Å². The summed E-state index contributed by atoms with van der Waals surface area (Å²) in [4.78, 5) is 0. The van der Waals surface area contributed by atoms with E-state index in [1.807, 2.05) is 6.92 Å². The molecule has 0 amide bonds. The molecule has 0 saturated carbocycles. The van der Waals surface area contributed by atoms with Gasteiger partial charge in [-0.2, -0.15) is 0 Å². The summed E-state index contributed by atoms with van der Waals surface area (Å²) >= 11 is 0. The van der Waals surface area contributed by atoms with E-state index in [4.69, 9.17) is 14.6 Å². The normalized spacial score (nSPS) is 12.2. The zero-order valence-electron chi connectivity index (χ0n) is 11.1. The molecule has 0 aliphatic heterocycles. The molecule has 102 valence electrons. The van der Waals surface area contributed by atoms with Gasteiger partial charge in [0.1, 0.15) is 0 Å². The lowest BCUT2D eigenvalue weighted by molar-refractivity contribution is 0.238. The average molecular weight is 255 g/mol. The molecule has 1 rings (SSSR count). The molecule has 5 heteroatoms. The van der Waals surface area contributed by atoms with E-state index >= 15 is 0 Å². The molecule has 0 fully saturated rings. The van der Waals surface area contributed by atoms with E-state index in [1.165, 1.54) is 14.2 Å². The molecular weight excluding hydrogens is 234 g/mol. The van der Waals surface area contributed by atoms with Crippen LogP contribution in [-0.4, -0.2) is 37.1 Å². The van der Waals surface area contributed by atoms with Gasteiger partial charge in [-0.1, -0.05) is 6.92 Å². The minimum atomic E-state index is -0.00190. The number of benzene rings is 1. The van der Waals surface area contributed by atoms with Gasteiger partial charge in [0.15, 0.2) is 11.5 Å². The van der Waals surface area contributed by atoms with Crippen molar-refractivity contribution in [2.24, 2.45) is 0 Å². The summed E-state index contributed by atoms with van der Waals surface area (Å²) in [5.74, 6) is 0.754. The van der Waals surface area contributed by atoms with Gasteiger partial charge in [0.05, 0.1) is 20.8 Å². The molecule has 0 radical (unpaired) electrons. The molecule has 0 spiro atoms. The monoisotopic (exact) mass is 255 g/mol. The standard InChI is InChI=1S/C13H21NO4/c1-4-10(8-15)14-7-9-5-11(17-2)13(16)12(6-9)18-3/h5-6,10,14-16H,4,7-8H2,1-3H3/t10-/m0/s1. The number of ether oxygens (including phenoxy) is 2. The molecule has 18 heavy (non-hydrogen) atoms. The van der Waals surface area contributed by atoms with Crippen LogP contribution in [-0.2, 0) is 6.54 Å². The molecule has 0 heterocycles. The highest BCUT2D eigenvalue weighted by molar-refractivity contribution is 5.52. The van der Waals surface area contributed by atoms with E-state index in [9.17, 15) is 5.11 Å². The number of nitrogens with one attached hydrogen (secondary N) is 1. The Hall–Kier alpha value is -1.46. The van der Waals surface area contributed by atoms with Crippen LogP contribution < -0.4 is 14.8 Å². The van der Waals surface area contributed by atoms with Crippen molar-refractivity contribution in [1.82, 2.24) is 5.32 Å². The maximum atomic E-state index is 9.77. The topological polar surface area (TPSA) is 71.0 Å². The smallest absolute Gasteiger partial charge is 0.200 e. The Balaban J connectivity index is 2.82. The fourth-order valence-electron chi connectivity index (χ4n) is 1.65. The fraction of sp³-hybridized carbons (Fsp3) is 0.538. The molecule has 1 aromatic carbocycles. The number of aliphatic hydroxyl groups excluding tert-OH is 1. The fourth-order valence-corrected chi connectivity index (χ4v) is 1.65. The van der Waals surface area contributed by atoms with Gasteiger partial charge in [-0.15, -0.1) is 0 Å². The first-order valence-corrected chi connectivity index (χ1v) is 5.94. The zero-order valence-corrected chi connectivity index (χ0v) is 11.1. The summed E-state index contributed by atoms with van der Waals surface area (Å²) in [6.45, 7) is 2.68. The van der Waals surface area contributed by atoms with Crippen molar-refractivity contribution < 1.29 is 19.7 Å². The third-order valence-electron chi connectivity index (χ3n) is 2.85. The maximum absolute atomic E-state index is 9.77. The Labute approximate surface area is 107 Å². The number of hydrogen-bond acceptors (Lipinski definition) is 5. The molecule has 0 unspecified atom stereocenters. The number of hydrogen-bond donors (Lipinski definition) is 3. The maximum Gasteiger partial charge on any atom is 0.200 e. The lowest BCUT2D eigenvalue weighted by Gasteiger charge is -2.15. The Bertz CT molecular complexity index is 352. The second kappa shape index (κ2) is 7.08. The number of phenols is 1. The molecule has 0 aliphatic carbocycles. The molecule has 0 aliphatic rings. The second-order valence-electron chi connectivity index (χ2n) is 4.02. The Morgan fingerprint density at radius 1 is 1.22 bits per heavy atom. The number of methoxy groups -OCH3 is 2. The molecule has 1 aromatic rings. The van der Waals surface area contributed by atoms with Gasteiger partial charge in [-0.05, 0) is 24.1 Å². The second-order valence-corrected chi connectivity index (χ2v) is 4.02. The Morgan fingerprint density at radius 3 is 2.17 bits per heavy atom. The number of aromatic hydroxyl groups is 1. The lowest BCUT2D eigenvalue weighted by Crippen LogP contribution is -2.31. The summed E-state index contributed by atoms with van der Waals surface area (Å²) in [6.07, 6.45) is 0.850. The van der Waals surface area contributed by atoms with Gasteiger partial charge >= 0.3 is 0 Å². The summed E-state index contributed by atoms with van der Waals surface area (Å²) < 4.78 is 10.2. The molecule has 0 bridgehead atoms. The highest BCUT2D eigenvalue weighted by atomic mass is 16.5. The van der Waals surface area contributed by atoms with Crippen molar-refractivity contribution in [2.75, 3.05) is 20.8 Å². The van der Waals surface area contributed by atoms with Gasteiger partial charge in [-0.25, -0.2) is 0 Å². The summed E-state index contributed by atoms with van der Waals surface area (Å²) in [6, 6.07) is 3.56. The van der Waals surface area contributed by atoms with Gasteiger partial charge < -0.3 is 25.0 Å². The molecule has 1 atom stereocenters. The van der Waals surface area contributed by atoms with Crippen LogP contribution in [0.15, 0.2) is 12.1 Å². The molecule has 5 nitrogen and oxygen atoms in total. The van der Waals surface area contributed by atoms with Crippen molar-refractivity contribution in [3.63, 3.8) is 0 Å². The summed E-state index contributed by atoms with van der Waals surface area (Å²) in [7, 11) is 2.99. The minimum Gasteiger partial charge on any atom is -0.502 e. The molecule has 0 aromatic heterocycles. The van der Waals surface area contributed by atoms with Crippen LogP contribution in [0.5, 0.6) is 17.2 Å². The van der Waals surface area contributed by atoms with Crippen LogP contribution in [0.25, 0.3) is 0 Å². The SMILES string of the molecule is CC[C@@H](CO)NCc1cc(OC)c(O)c(OC)c1. The first kappa shape index (κ1) is 14.6. The van der Waals surface area contributed by atoms with Crippen molar-refractivity contribution in [2.45, 2.75) is 25.9 Å². The predicted octanol–water partition coefficient (Wildman–Crippen LogP) is 1.27.